The van der Waals surface area contributed by atoms with Crippen molar-refractivity contribution in [2.75, 3.05) is 0 Å². The van der Waals surface area contributed by atoms with Crippen molar-refractivity contribution in [3.05, 3.63) is 40.2 Å². The summed E-state index contributed by atoms with van der Waals surface area (Å²) < 4.78 is 23.1. The molecule has 19 heavy (non-hydrogen) atoms. The first-order valence-electron chi connectivity index (χ1n) is 5.42. The van der Waals surface area contributed by atoms with Gasteiger partial charge in [-0.25, -0.2) is 14.0 Å². The monoisotopic (exact) mass is 284 g/mol. The summed E-state index contributed by atoms with van der Waals surface area (Å²) in [6.45, 7) is 2.88. The van der Waals surface area contributed by atoms with Crippen LogP contribution in [-0.2, 0) is 19.1 Å². The van der Waals surface area contributed by atoms with Crippen LogP contribution in [0.1, 0.15) is 19.4 Å². The van der Waals surface area contributed by atoms with E-state index in [1.165, 1.54) is 32.0 Å². The molecule has 1 heterocycles. The smallest absolute Gasteiger partial charge is 0.348 e. The van der Waals surface area contributed by atoms with Gasteiger partial charge in [0.2, 0.25) is 0 Å². The Morgan fingerprint density at radius 2 is 1.79 bits per heavy atom. The second kappa shape index (κ2) is 4.66. The maximum atomic E-state index is 13.3. The molecule has 1 aliphatic rings. The minimum Gasteiger partial charge on any atom is -0.419 e. The number of cyclic esters (lactones) is 2. The van der Waals surface area contributed by atoms with Gasteiger partial charge in [-0.3, -0.25) is 0 Å². The number of ether oxygens (including phenoxy) is 2. The van der Waals surface area contributed by atoms with Crippen molar-refractivity contribution in [1.82, 2.24) is 0 Å². The molecule has 0 bridgehead atoms. The Kier molecular flexibility index (Phi) is 3.32. The zero-order valence-corrected chi connectivity index (χ0v) is 11.0. The van der Waals surface area contributed by atoms with E-state index in [0.717, 1.165) is 6.08 Å². The van der Waals surface area contributed by atoms with Gasteiger partial charge in [0.1, 0.15) is 11.4 Å². The molecule has 0 saturated carbocycles. The summed E-state index contributed by atoms with van der Waals surface area (Å²) in [5.74, 6) is -3.62. The Balaban J connectivity index is 2.41. The average Bonchev–Trinajstić information content (AvgIpc) is 2.27. The SMILES string of the molecule is CC1(C)OC(=O)C(=Cc2cccc(F)c2Cl)C(=O)O1. The Bertz CT molecular complexity index is 570. The van der Waals surface area contributed by atoms with Crippen LogP contribution in [0.4, 0.5) is 4.39 Å². The van der Waals surface area contributed by atoms with Crippen molar-refractivity contribution in [1.29, 1.82) is 0 Å². The lowest BCUT2D eigenvalue weighted by atomic mass is 10.1. The molecule has 4 nitrogen and oxygen atoms in total. The maximum Gasteiger partial charge on any atom is 0.348 e. The Morgan fingerprint density at radius 3 is 2.37 bits per heavy atom. The van der Waals surface area contributed by atoms with Gasteiger partial charge in [-0.15, -0.1) is 0 Å². The van der Waals surface area contributed by atoms with E-state index in [2.05, 4.69) is 0 Å². The molecule has 0 aromatic heterocycles. The van der Waals surface area contributed by atoms with Crippen LogP contribution in [0.5, 0.6) is 0 Å². The third kappa shape index (κ3) is 2.76. The van der Waals surface area contributed by atoms with Gasteiger partial charge in [0, 0.05) is 13.8 Å². The predicted octanol–water partition coefficient (Wildman–Crippen LogP) is 2.70. The van der Waals surface area contributed by atoms with Gasteiger partial charge in [0.05, 0.1) is 5.02 Å². The molecule has 0 radical (unpaired) electrons. The van der Waals surface area contributed by atoms with Crippen LogP contribution < -0.4 is 0 Å². The molecule has 0 atom stereocenters. The van der Waals surface area contributed by atoms with E-state index < -0.39 is 23.5 Å². The van der Waals surface area contributed by atoms with E-state index in [9.17, 15) is 14.0 Å². The first-order valence-corrected chi connectivity index (χ1v) is 5.80. The highest BCUT2D eigenvalue weighted by molar-refractivity contribution is 6.32. The molecular formula is C13H10ClFO4. The van der Waals surface area contributed by atoms with Gasteiger partial charge in [-0.1, -0.05) is 23.7 Å². The number of hydrogen-bond acceptors (Lipinski definition) is 4. The largest absolute Gasteiger partial charge is 0.419 e. The minimum atomic E-state index is -1.31. The molecule has 100 valence electrons. The molecule has 1 saturated heterocycles. The van der Waals surface area contributed by atoms with E-state index in [1.807, 2.05) is 0 Å². The molecular weight excluding hydrogens is 275 g/mol. The predicted molar refractivity (Wildman–Crippen MR) is 65.7 cm³/mol. The topological polar surface area (TPSA) is 52.6 Å². The molecule has 0 spiro atoms. The van der Waals surface area contributed by atoms with Crippen LogP contribution in [0.2, 0.25) is 5.02 Å². The van der Waals surface area contributed by atoms with Crippen LogP contribution >= 0.6 is 11.6 Å². The highest BCUT2D eigenvalue weighted by Gasteiger charge is 2.38. The lowest BCUT2D eigenvalue weighted by Gasteiger charge is -2.29. The van der Waals surface area contributed by atoms with Crippen molar-refractivity contribution in [2.24, 2.45) is 0 Å². The van der Waals surface area contributed by atoms with Gasteiger partial charge < -0.3 is 9.47 Å². The molecule has 0 aliphatic carbocycles. The van der Waals surface area contributed by atoms with Crippen molar-refractivity contribution >= 4 is 29.6 Å². The molecule has 0 N–H and O–H groups in total. The maximum absolute atomic E-state index is 13.3. The first kappa shape index (κ1) is 13.5. The molecule has 1 aromatic rings. The first-order chi connectivity index (χ1) is 8.80. The average molecular weight is 285 g/mol. The fourth-order valence-electron chi connectivity index (χ4n) is 1.57. The molecule has 6 heteroatoms. The fourth-order valence-corrected chi connectivity index (χ4v) is 1.75. The van der Waals surface area contributed by atoms with Crippen LogP contribution in [-0.4, -0.2) is 17.7 Å². The van der Waals surface area contributed by atoms with Crippen molar-refractivity contribution < 1.29 is 23.5 Å². The zero-order valence-electron chi connectivity index (χ0n) is 10.2. The van der Waals surface area contributed by atoms with Gasteiger partial charge in [0.25, 0.3) is 5.79 Å². The summed E-state index contributed by atoms with van der Waals surface area (Å²) in [6.07, 6.45) is 1.14. The Hall–Kier alpha value is -1.88. The minimum absolute atomic E-state index is 0.180. The lowest BCUT2D eigenvalue weighted by Crippen LogP contribution is -2.41. The quantitative estimate of drug-likeness (QED) is 0.452. The van der Waals surface area contributed by atoms with E-state index in [-0.39, 0.29) is 16.2 Å². The summed E-state index contributed by atoms with van der Waals surface area (Å²) in [5, 5.41) is -0.180. The lowest BCUT2D eigenvalue weighted by molar-refractivity contribution is -0.222. The molecule has 1 aromatic carbocycles. The molecule has 0 unspecified atom stereocenters. The highest BCUT2D eigenvalue weighted by atomic mass is 35.5. The summed E-state index contributed by atoms with van der Waals surface area (Å²) in [6, 6.07) is 4.06. The van der Waals surface area contributed by atoms with Crippen LogP contribution in [0.15, 0.2) is 23.8 Å². The third-order valence-electron chi connectivity index (χ3n) is 2.40. The third-order valence-corrected chi connectivity index (χ3v) is 2.80. The second-order valence-electron chi connectivity index (χ2n) is 4.38. The molecule has 2 rings (SSSR count). The summed E-state index contributed by atoms with van der Waals surface area (Å²) in [4.78, 5) is 23.4. The number of hydrogen-bond donors (Lipinski definition) is 0. The number of carbonyl (C=O) groups excluding carboxylic acids is 2. The molecule has 0 amide bonds. The summed E-state index contributed by atoms with van der Waals surface area (Å²) in [5.41, 5.74) is -0.128. The van der Waals surface area contributed by atoms with E-state index in [0.29, 0.717) is 0 Å². The van der Waals surface area contributed by atoms with E-state index in [1.54, 1.807) is 0 Å². The van der Waals surface area contributed by atoms with E-state index >= 15 is 0 Å². The molecule has 1 aliphatic heterocycles. The standard InChI is InChI=1S/C13H10ClFO4/c1-13(2)18-11(16)8(12(17)19-13)6-7-4-3-5-9(15)10(7)14/h3-6H,1-2H3. The Labute approximate surface area is 113 Å². The van der Waals surface area contributed by atoms with E-state index in [4.69, 9.17) is 21.1 Å². The summed E-state index contributed by atoms with van der Waals surface area (Å²) >= 11 is 5.74. The Morgan fingerprint density at radius 1 is 1.21 bits per heavy atom. The number of carbonyl (C=O) groups is 2. The van der Waals surface area contributed by atoms with Gasteiger partial charge in [0.15, 0.2) is 0 Å². The highest BCUT2D eigenvalue weighted by Crippen LogP contribution is 2.27. The fraction of sp³-hybridized carbons (Fsp3) is 0.231. The van der Waals surface area contributed by atoms with Gasteiger partial charge in [-0.2, -0.15) is 0 Å². The molecule has 1 fully saturated rings. The van der Waals surface area contributed by atoms with Crippen molar-refractivity contribution in [3.8, 4) is 0 Å². The second-order valence-corrected chi connectivity index (χ2v) is 4.76. The van der Waals surface area contributed by atoms with Crippen molar-refractivity contribution in [2.45, 2.75) is 19.6 Å². The number of esters is 2. The normalized spacial score (nSPS) is 17.8. The zero-order chi connectivity index (χ0) is 14.2. The summed E-state index contributed by atoms with van der Waals surface area (Å²) in [7, 11) is 0. The van der Waals surface area contributed by atoms with Crippen LogP contribution in [0.3, 0.4) is 0 Å². The van der Waals surface area contributed by atoms with Crippen LogP contribution in [0, 0.1) is 5.82 Å². The van der Waals surface area contributed by atoms with Gasteiger partial charge >= 0.3 is 11.9 Å². The van der Waals surface area contributed by atoms with Crippen molar-refractivity contribution in [3.63, 3.8) is 0 Å². The number of halogens is 2. The van der Waals surface area contributed by atoms with Crippen LogP contribution in [0.25, 0.3) is 6.08 Å². The number of rotatable bonds is 1. The van der Waals surface area contributed by atoms with Gasteiger partial charge in [-0.05, 0) is 17.7 Å². The number of benzene rings is 1.